The number of hydrogen-bond acceptors (Lipinski definition) is 10. The van der Waals surface area contributed by atoms with Gasteiger partial charge in [0, 0.05) is 24.5 Å². The van der Waals surface area contributed by atoms with Crippen LogP contribution in [-0.4, -0.2) is 96.2 Å². The second-order valence-electron chi connectivity index (χ2n) is 14.0. The smallest absolute Gasteiger partial charge is 0.410 e. The average molecular weight is 716 g/mol. The van der Waals surface area contributed by atoms with Gasteiger partial charge in [-0.1, -0.05) is 23.7 Å². The van der Waals surface area contributed by atoms with Crippen LogP contribution in [0.1, 0.15) is 37.8 Å². The second-order valence-corrected chi connectivity index (χ2v) is 16.1. The first-order valence-corrected chi connectivity index (χ1v) is 18.6. The van der Waals surface area contributed by atoms with Crippen LogP contribution in [0, 0.1) is 11.8 Å². The molecule has 0 aromatic heterocycles. The van der Waals surface area contributed by atoms with Crippen molar-refractivity contribution < 1.29 is 41.7 Å². The number of likely N-dealkylation sites (N-methyl/N-ethyl adjacent to an activating group) is 1. The lowest BCUT2D eigenvalue weighted by atomic mass is 9.70. The molecule has 4 aliphatic heterocycles. The summed E-state index contributed by atoms with van der Waals surface area (Å²) in [6, 6.07) is 10.4. The van der Waals surface area contributed by atoms with Gasteiger partial charge in [0.1, 0.15) is 29.7 Å². The van der Waals surface area contributed by atoms with E-state index in [9.17, 15) is 18.0 Å². The molecular weight excluding hydrogens is 674 g/mol. The number of carbonyl (C=O) groups is 2. The Labute approximate surface area is 291 Å². The van der Waals surface area contributed by atoms with Crippen LogP contribution in [0.15, 0.2) is 53.4 Å². The SMILES string of the molecule is CN(C(=O)O[C@H]1/C=C\COC(C)(C)C(=O)NS(=O)(=O)c2ccc3c(c2)N(C[C@@H]2CC[C@H]21)C[C@]1(CO3)OCCc2cc(Cl)ccc21)C1COC1. The molecule has 1 N–H and O–H groups in total. The Bertz CT molecular complexity index is 1760. The Hall–Kier alpha value is -3.36. The van der Waals surface area contributed by atoms with E-state index in [1.165, 1.54) is 19.9 Å². The lowest BCUT2D eigenvalue weighted by molar-refractivity contribution is -0.139. The van der Waals surface area contributed by atoms with Gasteiger partial charge in [0.05, 0.1) is 49.6 Å². The van der Waals surface area contributed by atoms with E-state index >= 15 is 0 Å². The molecule has 1 aliphatic carbocycles. The highest BCUT2D eigenvalue weighted by atomic mass is 35.5. The maximum atomic E-state index is 13.6. The first-order valence-electron chi connectivity index (χ1n) is 16.7. The van der Waals surface area contributed by atoms with Gasteiger partial charge in [-0.05, 0) is 86.6 Å². The van der Waals surface area contributed by atoms with Gasteiger partial charge in [0.25, 0.3) is 15.9 Å². The lowest BCUT2D eigenvalue weighted by Gasteiger charge is -2.46. The highest BCUT2D eigenvalue weighted by Crippen LogP contribution is 2.46. The molecule has 14 heteroatoms. The summed E-state index contributed by atoms with van der Waals surface area (Å²) in [4.78, 5) is 30.1. The summed E-state index contributed by atoms with van der Waals surface area (Å²) >= 11 is 6.39. The molecule has 5 aliphatic rings. The number of ether oxygens (including phenoxy) is 5. The third-order valence-electron chi connectivity index (χ3n) is 10.5. The predicted octanol–water partition coefficient (Wildman–Crippen LogP) is 4.04. The molecule has 2 amide bonds. The van der Waals surface area contributed by atoms with Gasteiger partial charge >= 0.3 is 6.09 Å². The third kappa shape index (κ3) is 6.63. The third-order valence-corrected chi connectivity index (χ3v) is 12.0. The molecule has 0 unspecified atom stereocenters. The number of sulfonamides is 1. The van der Waals surface area contributed by atoms with Crippen molar-refractivity contribution in [2.75, 3.05) is 58.1 Å². The predicted molar refractivity (Wildman–Crippen MR) is 180 cm³/mol. The van der Waals surface area contributed by atoms with Crippen molar-refractivity contribution >= 4 is 39.3 Å². The first-order chi connectivity index (χ1) is 23.3. The molecule has 2 aromatic rings. The molecule has 49 heavy (non-hydrogen) atoms. The zero-order chi connectivity index (χ0) is 34.6. The van der Waals surface area contributed by atoms with E-state index in [1.54, 1.807) is 30.2 Å². The number of benzene rings is 2. The van der Waals surface area contributed by atoms with Gasteiger partial charge in [-0.15, -0.1) is 0 Å². The molecule has 7 rings (SSSR count). The topological polar surface area (TPSA) is 133 Å². The number of halogens is 1. The molecule has 4 atom stereocenters. The Balaban J connectivity index is 1.28. The number of nitrogens with zero attached hydrogens (tertiary/aromatic N) is 2. The van der Waals surface area contributed by atoms with Crippen molar-refractivity contribution in [1.29, 1.82) is 0 Å². The molecule has 2 bridgehead atoms. The van der Waals surface area contributed by atoms with Crippen LogP contribution in [0.4, 0.5) is 10.5 Å². The molecule has 1 saturated heterocycles. The summed E-state index contributed by atoms with van der Waals surface area (Å²) in [6.45, 7) is 5.52. The molecule has 4 heterocycles. The van der Waals surface area contributed by atoms with Crippen molar-refractivity contribution in [3.63, 3.8) is 0 Å². The minimum absolute atomic E-state index is 0.00377. The van der Waals surface area contributed by atoms with Gasteiger partial charge in [-0.2, -0.15) is 0 Å². The summed E-state index contributed by atoms with van der Waals surface area (Å²) in [5, 5.41) is 0.644. The highest BCUT2D eigenvalue weighted by Gasteiger charge is 2.46. The van der Waals surface area contributed by atoms with Crippen LogP contribution in [-0.2, 0) is 45.8 Å². The fraction of sp³-hybridized carbons (Fsp3) is 0.543. The van der Waals surface area contributed by atoms with E-state index in [0.717, 1.165) is 24.0 Å². The van der Waals surface area contributed by atoms with Crippen LogP contribution in [0.3, 0.4) is 0 Å². The number of anilines is 1. The zero-order valence-corrected chi connectivity index (χ0v) is 29.4. The van der Waals surface area contributed by atoms with Gasteiger partial charge in [-0.3, -0.25) is 4.79 Å². The minimum Gasteiger partial charge on any atom is -0.488 e. The molecule has 264 valence electrons. The number of nitrogens with one attached hydrogen (secondary N) is 1. The van der Waals surface area contributed by atoms with Gasteiger partial charge in [0.2, 0.25) is 0 Å². The van der Waals surface area contributed by atoms with Gasteiger partial charge < -0.3 is 33.5 Å². The van der Waals surface area contributed by atoms with E-state index in [-0.39, 0.29) is 36.0 Å². The summed E-state index contributed by atoms with van der Waals surface area (Å²) in [5.74, 6) is -0.252. The largest absolute Gasteiger partial charge is 0.488 e. The van der Waals surface area contributed by atoms with Crippen LogP contribution >= 0.6 is 11.6 Å². The van der Waals surface area contributed by atoms with E-state index < -0.39 is 39.3 Å². The molecule has 2 fully saturated rings. The maximum absolute atomic E-state index is 13.6. The Morgan fingerprint density at radius 2 is 1.94 bits per heavy atom. The summed E-state index contributed by atoms with van der Waals surface area (Å²) in [7, 11) is -2.56. The van der Waals surface area contributed by atoms with Crippen LogP contribution in [0.2, 0.25) is 5.02 Å². The second kappa shape index (κ2) is 13.1. The van der Waals surface area contributed by atoms with E-state index in [4.69, 9.17) is 35.3 Å². The molecule has 2 aromatic carbocycles. The fourth-order valence-electron chi connectivity index (χ4n) is 7.15. The van der Waals surface area contributed by atoms with Crippen molar-refractivity contribution in [2.24, 2.45) is 11.8 Å². The highest BCUT2D eigenvalue weighted by molar-refractivity contribution is 7.90. The number of hydrogen-bond donors (Lipinski definition) is 1. The monoisotopic (exact) mass is 715 g/mol. The van der Waals surface area contributed by atoms with E-state index in [2.05, 4.69) is 9.62 Å². The quantitative estimate of drug-likeness (QED) is 0.455. The normalized spacial score (nSPS) is 29.8. The van der Waals surface area contributed by atoms with Gasteiger partial charge in [-0.25, -0.2) is 17.9 Å². The van der Waals surface area contributed by atoms with Crippen molar-refractivity contribution in [3.05, 3.63) is 64.7 Å². The van der Waals surface area contributed by atoms with Crippen LogP contribution in [0.5, 0.6) is 5.75 Å². The van der Waals surface area contributed by atoms with Crippen LogP contribution < -0.4 is 14.4 Å². The number of fused-ring (bicyclic) bond motifs is 4. The maximum Gasteiger partial charge on any atom is 0.410 e. The van der Waals surface area contributed by atoms with Crippen molar-refractivity contribution in [2.45, 2.75) is 61.4 Å². The zero-order valence-electron chi connectivity index (χ0n) is 27.9. The van der Waals surface area contributed by atoms with Crippen LogP contribution in [0.25, 0.3) is 0 Å². The Kier molecular flexibility index (Phi) is 9.10. The Morgan fingerprint density at radius 1 is 1.12 bits per heavy atom. The molecular formula is C35H42ClN3O9S. The van der Waals surface area contributed by atoms with E-state index in [1.807, 2.05) is 24.3 Å². The Morgan fingerprint density at radius 3 is 2.67 bits per heavy atom. The summed E-state index contributed by atoms with van der Waals surface area (Å²) < 4.78 is 59.7. The van der Waals surface area contributed by atoms with Crippen molar-refractivity contribution in [3.8, 4) is 5.75 Å². The first kappa shape index (κ1) is 34.1. The fourth-order valence-corrected chi connectivity index (χ4v) is 8.46. The molecule has 0 radical (unpaired) electrons. The van der Waals surface area contributed by atoms with E-state index in [0.29, 0.717) is 55.8 Å². The van der Waals surface area contributed by atoms with Gasteiger partial charge in [0.15, 0.2) is 0 Å². The van der Waals surface area contributed by atoms with Crippen molar-refractivity contribution in [1.82, 2.24) is 9.62 Å². The molecule has 1 spiro atoms. The average Bonchev–Trinajstić information content (AvgIpc) is 3.16. The number of amides is 2. The molecule has 1 saturated carbocycles. The summed E-state index contributed by atoms with van der Waals surface area (Å²) in [6.07, 6.45) is 4.97. The minimum atomic E-state index is -4.27. The summed E-state index contributed by atoms with van der Waals surface area (Å²) in [5.41, 5.74) is 0.294. The molecule has 12 nitrogen and oxygen atoms in total. The lowest BCUT2D eigenvalue weighted by Crippen LogP contribution is -2.53. The number of carbonyl (C=O) groups excluding carboxylic acids is 2. The number of rotatable bonds is 2. The standard InChI is InChI=1S/C35H42ClN3O9S/c1-34(2)32(40)37-49(42,43)26-8-11-31-29(16-26)39(20-35(21-45-31)28-10-7-24(36)15-22(28)12-14-47-35)17-23-6-9-27(23)30(5-4-13-46-34)48-33(41)38(3)25-18-44-19-25/h4-5,7-8,10-11,15-16,23,25,27,30H,6,9,12-14,17-21H2,1-3H3,(H,37,40)/b5-4-/t23-,27+,30-,35+/m0/s1.